The van der Waals surface area contributed by atoms with Crippen LogP contribution in [0.25, 0.3) is 10.8 Å². The Labute approximate surface area is 199 Å². The highest BCUT2D eigenvalue weighted by Gasteiger charge is 2.20. The van der Waals surface area contributed by atoms with Crippen LogP contribution in [0.4, 0.5) is 0 Å². The molecule has 1 N–H and O–H groups in total. The van der Waals surface area contributed by atoms with Crippen molar-refractivity contribution in [3.63, 3.8) is 0 Å². The fourth-order valence-corrected chi connectivity index (χ4v) is 5.12. The zero-order valence-corrected chi connectivity index (χ0v) is 20.6. The fourth-order valence-electron chi connectivity index (χ4n) is 4.05. The molecule has 2 aromatic carbocycles. The van der Waals surface area contributed by atoms with Gasteiger partial charge < -0.3 is 14.0 Å². The molecule has 9 heteroatoms. The molecule has 1 unspecified atom stereocenters. The van der Waals surface area contributed by atoms with Gasteiger partial charge >= 0.3 is 5.97 Å². The van der Waals surface area contributed by atoms with Crippen LogP contribution in [-0.2, 0) is 24.3 Å². The van der Waals surface area contributed by atoms with E-state index >= 15 is 0 Å². The molecule has 182 valence electrons. The van der Waals surface area contributed by atoms with E-state index in [1.54, 1.807) is 25.3 Å². The highest BCUT2D eigenvalue weighted by atomic mass is 32.2. The number of ketones is 1. The molecule has 0 bridgehead atoms. The fraction of sp³-hybridized carbons (Fsp3) is 0.360. The summed E-state index contributed by atoms with van der Waals surface area (Å²) in [7, 11) is -2.16. The summed E-state index contributed by atoms with van der Waals surface area (Å²) in [5.74, 6) is -0.967. The maximum atomic E-state index is 12.6. The Morgan fingerprint density at radius 2 is 1.76 bits per heavy atom. The quantitative estimate of drug-likeness (QED) is 0.328. The number of rotatable bonds is 11. The van der Waals surface area contributed by atoms with Gasteiger partial charge in [-0.3, -0.25) is 9.59 Å². The Bertz CT molecular complexity index is 1300. The van der Waals surface area contributed by atoms with E-state index in [9.17, 15) is 18.0 Å². The number of methoxy groups -OCH3 is 1. The highest BCUT2D eigenvalue weighted by Crippen LogP contribution is 2.21. The summed E-state index contributed by atoms with van der Waals surface area (Å²) in [5, 5.41) is 1.74. The maximum absolute atomic E-state index is 12.6. The van der Waals surface area contributed by atoms with Crippen molar-refractivity contribution in [1.82, 2.24) is 9.29 Å². The van der Waals surface area contributed by atoms with E-state index in [1.807, 2.05) is 49.6 Å². The number of carbonyl (C=O) groups excluding carboxylic acids is 2. The molecule has 0 amide bonds. The van der Waals surface area contributed by atoms with Crippen LogP contribution in [0.1, 0.15) is 41.1 Å². The smallest absolute Gasteiger partial charge is 0.307 e. The van der Waals surface area contributed by atoms with Gasteiger partial charge in [-0.25, -0.2) is 13.1 Å². The van der Waals surface area contributed by atoms with E-state index in [0.717, 1.165) is 22.2 Å². The van der Waals surface area contributed by atoms with Gasteiger partial charge in [-0.1, -0.05) is 30.3 Å². The van der Waals surface area contributed by atoms with Crippen LogP contribution >= 0.6 is 0 Å². The van der Waals surface area contributed by atoms with Crippen LogP contribution in [0.3, 0.4) is 0 Å². The molecule has 0 aliphatic carbocycles. The largest absolute Gasteiger partial charge is 0.457 e. The lowest BCUT2D eigenvalue weighted by Crippen LogP contribution is -2.27. The van der Waals surface area contributed by atoms with Crippen molar-refractivity contribution < 1.29 is 27.5 Å². The van der Waals surface area contributed by atoms with Crippen LogP contribution in [-0.4, -0.2) is 51.6 Å². The topological polar surface area (TPSA) is 104 Å². The number of sulfonamides is 1. The molecule has 3 aromatic rings. The van der Waals surface area contributed by atoms with Crippen LogP contribution in [0, 0.1) is 13.8 Å². The second-order valence-electron chi connectivity index (χ2n) is 8.20. The lowest BCUT2D eigenvalue weighted by Gasteiger charge is -2.17. The van der Waals surface area contributed by atoms with Gasteiger partial charge in [0, 0.05) is 30.6 Å². The van der Waals surface area contributed by atoms with Crippen molar-refractivity contribution in [3.8, 4) is 0 Å². The second kappa shape index (κ2) is 10.9. The van der Waals surface area contributed by atoms with Gasteiger partial charge in [0.15, 0.2) is 6.61 Å². The molecule has 34 heavy (non-hydrogen) atoms. The zero-order valence-electron chi connectivity index (χ0n) is 19.8. The van der Waals surface area contributed by atoms with Gasteiger partial charge in [0.25, 0.3) is 0 Å². The van der Waals surface area contributed by atoms with Crippen molar-refractivity contribution in [2.24, 2.45) is 0 Å². The van der Waals surface area contributed by atoms with Crippen LogP contribution in [0.15, 0.2) is 53.4 Å². The van der Waals surface area contributed by atoms with E-state index in [4.69, 9.17) is 9.47 Å². The minimum atomic E-state index is -3.78. The Morgan fingerprint density at radius 3 is 2.47 bits per heavy atom. The predicted molar refractivity (Wildman–Crippen MR) is 130 cm³/mol. The van der Waals surface area contributed by atoms with Crippen LogP contribution < -0.4 is 4.72 Å². The number of ether oxygens (including phenoxy) is 2. The average molecular weight is 487 g/mol. The number of nitrogens with one attached hydrogen (secondary N) is 1. The van der Waals surface area contributed by atoms with Gasteiger partial charge in [-0.05, 0) is 49.7 Å². The number of aromatic nitrogens is 1. The molecule has 0 spiro atoms. The van der Waals surface area contributed by atoms with Gasteiger partial charge in [-0.2, -0.15) is 0 Å². The molecule has 1 aromatic heterocycles. The standard InChI is InChI=1S/C25H30N2O6S/c1-17-13-23(19(3)27(17)18(2)15-32-4)24(28)16-33-25(29)11-12-26-34(30,31)22-10-9-20-7-5-6-8-21(20)14-22/h5-10,13-14,18,26H,11-12,15-16H2,1-4H3. The van der Waals surface area contributed by atoms with Crippen molar-refractivity contribution in [2.75, 3.05) is 26.9 Å². The molecule has 0 saturated heterocycles. The van der Waals surface area contributed by atoms with Crippen molar-refractivity contribution in [1.29, 1.82) is 0 Å². The summed E-state index contributed by atoms with van der Waals surface area (Å²) in [6.45, 7) is 5.72. The number of carbonyl (C=O) groups is 2. The van der Waals surface area contributed by atoms with E-state index in [2.05, 4.69) is 4.72 Å². The van der Waals surface area contributed by atoms with E-state index in [-0.39, 0.29) is 29.7 Å². The summed E-state index contributed by atoms with van der Waals surface area (Å²) in [5.41, 5.74) is 2.19. The molecule has 1 atom stereocenters. The highest BCUT2D eigenvalue weighted by molar-refractivity contribution is 7.89. The van der Waals surface area contributed by atoms with Crippen molar-refractivity contribution in [2.45, 2.75) is 38.1 Å². The SMILES string of the molecule is COCC(C)n1c(C)cc(C(=O)COC(=O)CCNS(=O)(=O)c2ccc3ccccc3c2)c1C. The number of hydrogen-bond acceptors (Lipinski definition) is 6. The Balaban J connectivity index is 1.52. The second-order valence-corrected chi connectivity index (χ2v) is 9.97. The molecule has 0 aliphatic heterocycles. The number of benzene rings is 2. The number of hydrogen-bond donors (Lipinski definition) is 1. The molecule has 8 nitrogen and oxygen atoms in total. The molecular weight excluding hydrogens is 456 g/mol. The predicted octanol–water partition coefficient (Wildman–Crippen LogP) is 3.56. The van der Waals surface area contributed by atoms with Gasteiger partial charge in [0.2, 0.25) is 15.8 Å². The van der Waals surface area contributed by atoms with Gasteiger partial charge in [0.05, 0.1) is 24.0 Å². The average Bonchev–Trinajstić information content (AvgIpc) is 3.11. The summed E-state index contributed by atoms with van der Waals surface area (Å²) in [6.07, 6.45) is -0.190. The third-order valence-electron chi connectivity index (χ3n) is 5.65. The lowest BCUT2D eigenvalue weighted by molar-refractivity contribution is -0.142. The van der Waals surface area contributed by atoms with E-state index in [1.165, 1.54) is 6.07 Å². The summed E-state index contributed by atoms with van der Waals surface area (Å²) in [4.78, 5) is 24.8. The molecular formula is C25H30N2O6S. The molecule has 3 rings (SSSR count). The Kier molecular flexibility index (Phi) is 8.24. The Hall–Kier alpha value is -3.01. The number of nitrogens with zero attached hydrogens (tertiary/aromatic N) is 1. The number of esters is 1. The summed E-state index contributed by atoms with van der Waals surface area (Å²) in [6, 6.07) is 14.1. The monoisotopic (exact) mass is 486 g/mol. The number of aryl methyl sites for hydroxylation is 1. The molecule has 0 fully saturated rings. The summed E-state index contributed by atoms with van der Waals surface area (Å²) >= 11 is 0. The maximum Gasteiger partial charge on any atom is 0.307 e. The first kappa shape index (κ1) is 25.6. The first-order chi connectivity index (χ1) is 16.1. The molecule has 1 heterocycles. The molecule has 0 aliphatic rings. The van der Waals surface area contributed by atoms with Crippen molar-refractivity contribution >= 4 is 32.5 Å². The van der Waals surface area contributed by atoms with Gasteiger partial charge in [-0.15, -0.1) is 0 Å². The van der Waals surface area contributed by atoms with E-state index < -0.39 is 22.6 Å². The Morgan fingerprint density at radius 1 is 1.06 bits per heavy atom. The first-order valence-corrected chi connectivity index (χ1v) is 12.5. The first-order valence-electron chi connectivity index (χ1n) is 11.0. The van der Waals surface area contributed by atoms with Gasteiger partial charge in [0.1, 0.15) is 0 Å². The minimum absolute atomic E-state index is 0.0599. The third kappa shape index (κ3) is 5.91. The third-order valence-corrected chi connectivity index (χ3v) is 7.11. The minimum Gasteiger partial charge on any atom is -0.457 e. The van der Waals surface area contributed by atoms with E-state index in [0.29, 0.717) is 12.2 Å². The normalized spacial score (nSPS) is 12.6. The summed E-state index contributed by atoms with van der Waals surface area (Å²) < 4.78 is 39.8. The number of fused-ring (bicyclic) bond motifs is 1. The lowest BCUT2D eigenvalue weighted by atomic mass is 10.1. The molecule has 0 radical (unpaired) electrons. The zero-order chi connectivity index (χ0) is 24.9. The number of Topliss-reactive ketones (excluding diaryl/α,β-unsaturated/α-hetero) is 1. The van der Waals surface area contributed by atoms with Crippen molar-refractivity contribution in [3.05, 3.63) is 65.5 Å². The molecule has 0 saturated carbocycles. The van der Waals surface area contributed by atoms with Crippen LogP contribution in [0.2, 0.25) is 0 Å². The van der Waals surface area contributed by atoms with Crippen LogP contribution in [0.5, 0.6) is 0 Å².